The highest BCUT2D eigenvalue weighted by Gasteiger charge is 2.42. The second kappa shape index (κ2) is 5.93. The lowest BCUT2D eigenvalue weighted by Gasteiger charge is -2.47. The average Bonchev–Trinajstić information content (AvgIpc) is 2.40. The summed E-state index contributed by atoms with van der Waals surface area (Å²) in [6, 6.07) is 0. The summed E-state index contributed by atoms with van der Waals surface area (Å²) < 4.78 is 6.21. The van der Waals surface area contributed by atoms with Crippen LogP contribution >= 0.6 is 23.4 Å². The molecule has 18 heavy (non-hydrogen) atoms. The molecule has 3 unspecified atom stereocenters. The van der Waals surface area contributed by atoms with Gasteiger partial charge in [0, 0.05) is 12.0 Å². The molecule has 1 spiro atoms. The first kappa shape index (κ1) is 13.6. The van der Waals surface area contributed by atoms with Gasteiger partial charge >= 0.3 is 0 Å². The van der Waals surface area contributed by atoms with Crippen molar-refractivity contribution in [3.05, 3.63) is 0 Å². The third kappa shape index (κ3) is 2.86. The highest BCUT2D eigenvalue weighted by atomic mass is 35.5. The van der Waals surface area contributed by atoms with E-state index in [0.717, 1.165) is 18.4 Å². The Morgan fingerprint density at radius 2 is 1.83 bits per heavy atom. The maximum absolute atomic E-state index is 6.60. The Hall–Kier alpha value is 0.600. The monoisotopic (exact) mass is 288 g/mol. The van der Waals surface area contributed by atoms with Gasteiger partial charge in [-0.15, -0.1) is 11.6 Å². The lowest BCUT2D eigenvalue weighted by Crippen LogP contribution is -2.45. The van der Waals surface area contributed by atoms with Gasteiger partial charge in [0.05, 0.1) is 5.60 Å². The molecular formula is C15H25ClOS. The van der Waals surface area contributed by atoms with Gasteiger partial charge in [-0.05, 0) is 61.9 Å². The molecule has 0 aromatic rings. The van der Waals surface area contributed by atoms with Crippen LogP contribution in [-0.4, -0.2) is 29.1 Å². The van der Waals surface area contributed by atoms with Gasteiger partial charge in [0.1, 0.15) is 0 Å². The fraction of sp³-hybridized carbons (Fsp3) is 1.00. The first-order chi connectivity index (χ1) is 8.79. The predicted octanol–water partition coefficient (Wildman–Crippen LogP) is 4.48. The van der Waals surface area contributed by atoms with E-state index in [4.69, 9.17) is 16.3 Å². The van der Waals surface area contributed by atoms with Crippen LogP contribution in [0.1, 0.15) is 51.4 Å². The second-order valence-corrected chi connectivity index (χ2v) is 8.15. The van der Waals surface area contributed by atoms with E-state index in [1.165, 1.54) is 62.9 Å². The zero-order valence-electron chi connectivity index (χ0n) is 11.2. The minimum atomic E-state index is 0.238. The summed E-state index contributed by atoms with van der Waals surface area (Å²) in [5.74, 6) is 4.20. The molecule has 1 aliphatic carbocycles. The van der Waals surface area contributed by atoms with Crippen LogP contribution < -0.4 is 0 Å². The summed E-state index contributed by atoms with van der Waals surface area (Å²) in [5.41, 5.74) is 0.238. The Morgan fingerprint density at radius 1 is 1.06 bits per heavy atom. The van der Waals surface area contributed by atoms with Crippen molar-refractivity contribution in [1.82, 2.24) is 0 Å². The van der Waals surface area contributed by atoms with Crippen molar-refractivity contribution in [2.45, 2.75) is 62.3 Å². The Kier molecular flexibility index (Phi) is 4.47. The molecule has 0 aromatic heterocycles. The van der Waals surface area contributed by atoms with Crippen LogP contribution in [0.15, 0.2) is 0 Å². The number of rotatable bonds is 1. The summed E-state index contributed by atoms with van der Waals surface area (Å²) in [7, 11) is 0. The average molecular weight is 289 g/mol. The SMILES string of the molecule is ClC1CCCCC1C1CCOC2(CCSCC2)C1. The van der Waals surface area contributed by atoms with Crippen LogP contribution in [0, 0.1) is 11.8 Å². The van der Waals surface area contributed by atoms with Gasteiger partial charge < -0.3 is 4.74 Å². The maximum Gasteiger partial charge on any atom is 0.0701 e. The molecule has 0 radical (unpaired) electrons. The summed E-state index contributed by atoms with van der Waals surface area (Å²) in [4.78, 5) is 0. The fourth-order valence-corrected chi connectivity index (χ4v) is 5.89. The van der Waals surface area contributed by atoms with Gasteiger partial charge in [-0.1, -0.05) is 12.8 Å². The number of alkyl halides is 1. The van der Waals surface area contributed by atoms with Gasteiger partial charge in [-0.2, -0.15) is 11.8 Å². The third-order valence-corrected chi connectivity index (χ3v) is 6.80. The molecule has 3 fully saturated rings. The largest absolute Gasteiger partial charge is 0.375 e. The van der Waals surface area contributed by atoms with E-state index in [2.05, 4.69) is 11.8 Å². The van der Waals surface area contributed by atoms with Gasteiger partial charge in [0.15, 0.2) is 0 Å². The maximum atomic E-state index is 6.60. The van der Waals surface area contributed by atoms with Crippen LogP contribution in [0.3, 0.4) is 0 Å². The van der Waals surface area contributed by atoms with Crippen LogP contribution in [0.5, 0.6) is 0 Å². The predicted molar refractivity (Wildman–Crippen MR) is 79.6 cm³/mol. The van der Waals surface area contributed by atoms with E-state index < -0.39 is 0 Å². The molecule has 2 heterocycles. The Labute approximate surface area is 120 Å². The van der Waals surface area contributed by atoms with E-state index in [-0.39, 0.29) is 5.60 Å². The smallest absolute Gasteiger partial charge is 0.0701 e. The number of thioether (sulfide) groups is 1. The summed E-state index contributed by atoms with van der Waals surface area (Å²) in [6.07, 6.45) is 10.4. The third-order valence-electron chi connectivity index (χ3n) is 5.27. The Balaban J connectivity index is 1.65. The minimum Gasteiger partial charge on any atom is -0.375 e. The summed E-state index contributed by atoms with van der Waals surface area (Å²) in [6.45, 7) is 0.982. The van der Waals surface area contributed by atoms with E-state index in [1.807, 2.05) is 0 Å². The summed E-state index contributed by atoms with van der Waals surface area (Å²) >= 11 is 8.69. The van der Waals surface area contributed by atoms with Crippen molar-refractivity contribution >= 4 is 23.4 Å². The van der Waals surface area contributed by atoms with E-state index in [0.29, 0.717) is 5.38 Å². The number of hydrogen-bond acceptors (Lipinski definition) is 2. The highest BCUT2D eigenvalue weighted by molar-refractivity contribution is 7.99. The zero-order chi connectivity index (χ0) is 12.4. The van der Waals surface area contributed by atoms with Gasteiger partial charge in [0.2, 0.25) is 0 Å². The molecule has 2 aliphatic heterocycles. The molecule has 3 atom stereocenters. The van der Waals surface area contributed by atoms with E-state index >= 15 is 0 Å². The van der Waals surface area contributed by atoms with Crippen LogP contribution in [0.4, 0.5) is 0 Å². The van der Waals surface area contributed by atoms with Crippen molar-refractivity contribution in [2.24, 2.45) is 11.8 Å². The van der Waals surface area contributed by atoms with Crippen molar-refractivity contribution < 1.29 is 4.74 Å². The molecule has 3 aliphatic rings. The van der Waals surface area contributed by atoms with Gasteiger partial charge in [-0.25, -0.2) is 0 Å². The highest BCUT2D eigenvalue weighted by Crippen LogP contribution is 2.46. The molecule has 3 heteroatoms. The van der Waals surface area contributed by atoms with Crippen LogP contribution in [0.2, 0.25) is 0 Å². The second-order valence-electron chi connectivity index (χ2n) is 6.36. The van der Waals surface area contributed by atoms with Crippen molar-refractivity contribution in [3.8, 4) is 0 Å². The zero-order valence-corrected chi connectivity index (χ0v) is 12.8. The molecule has 1 nitrogen and oxygen atoms in total. The number of ether oxygens (including phenoxy) is 1. The Morgan fingerprint density at radius 3 is 2.61 bits per heavy atom. The molecule has 1 saturated carbocycles. The van der Waals surface area contributed by atoms with Gasteiger partial charge in [0.25, 0.3) is 0 Å². The molecular weight excluding hydrogens is 264 g/mol. The first-order valence-corrected chi connectivity index (χ1v) is 9.24. The normalized spacial score (nSPS) is 40.8. The first-order valence-electron chi connectivity index (χ1n) is 7.65. The molecule has 0 N–H and O–H groups in total. The standard InChI is InChI=1S/C15H25ClOS/c16-14-4-2-1-3-13(14)12-5-8-17-15(11-12)6-9-18-10-7-15/h12-14H,1-11H2. The molecule has 2 saturated heterocycles. The van der Waals surface area contributed by atoms with E-state index in [1.54, 1.807) is 0 Å². The lowest BCUT2D eigenvalue weighted by atomic mass is 9.71. The molecule has 0 bridgehead atoms. The molecule has 0 amide bonds. The van der Waals surface area contributed by atoms with Crippen molar-refractivity contribution in [1.29, 1.82) is 0 Å². The topological polar surface area (TPSA) is 9.23 Å². The minimum absolute atomic E-state index is 0.238. The van der Waals surface area contributed by atoms with E-state index in [9.17, 15) is 0 Å². The van der Waals surface area contributed by atoms with Crippen molar-refractivity contribution in [3.63, 3.8) is 0 Å². The quantitative estimate of drug-likeness (QED) is 0.658. The lowest BCUT2D eigenvalue weighted by molar-refractivity contribution is -0.112. The number of hydrogen-bond donors (Lipinski definition) is 0. The Bertz CT molecular complexity index is 272. The van der Waals surface area contributed by atoms with Crippen LogP contribution in [0.25, 0.3) is 0 Å². The molecule has 104 valence electrons. The number of halogens is 1. The fourth-order valence-electron chi connectivity index (χ4n) is 4.17. The molecule has 3 rings (SSSR count). The van der Waals surface area contributed by atoms with Crippen molar-refractivity contribution in [2.75, 3.05) is 18.1 Å². The van der Waals surface area contributed by atoms with Gasteiger partial charge in [-0.3, -0.25) is 0 Å². The van der Waals surface area contributed by atoms with Crippen LogP contribution in [-0.2, 0) is 4.74 Å². The summed E-state index contributed by atoms with van der Waals surface area (Å²) in [5, 5.41) is 0.442. The molecule has 0 aromatic carbocycles.